The minimum absolute atomic E-state index is 0. The zero-order valence-corrected chi connectivity index (χ0v) is 18.8. The Labute approximate surface area is 188 Å². The van der Waals surface area contributed by atoms with Gasteiger partial charge in [0.05, 0.1) is 12.1 Å². The summed E-state index contributed by atoms with van der Waals surface area (Å²) in [5.41, 5.74) is 3.30. The maximum Gasteiger partial charge on any atom is 0.213 e. The van der Waals surface area contributed by atoms with Gasteiger partial charge in [0.1, 0.15) is 0 Å². The molecule has 1 aliphatic carbocycles. The van der Waals surface area contributed by atoms with Gasteiger partial charge in [0, 0.05) is 44.0 Å². The highest BCUT2D eigenvalue weighted by atomic mass is 127. The van der Waals surface area contributed by atoms with Crippen LogP contribution in [0.15, 0.2) is 59.9 Å². The summed E-state index contributed by atoms with van der Waals surface area (Å²) in [4.78, 5) is 13.0. The van der Waals surface area contributed by atoms with Crippen LogP contribution in [0.3, 0.4) is 0 Å². The molecule has 0 aliphatic heterocycles. The van der Waals surface area contributed by atoms with Crippen molar-refractivity contribution < 1.29 is 4.74 Å². The lowest BCUT2D eigenvalue weighted by Crippen LogP contribution is -2.36. The SMILES string of the molecule is CN=C(NCc1ccnc(OCC2CC2)c1)NCc1ccnc2ccccc12.I. The van der Waals surface area contributed by atoms with Crippen molar-refractivity contribution in [3.8, 4) is 5.88 Å². The first kappa shape index (κ1) is 21.3. The molecule has 2 heterocycles. The standard InChI is InChI=1S/C22H25N5O.HI/c1-23-22(27-14-18-9-11-24-20-5-3-2-4-19(18)20)26-13-17-8-10-25-21(12-17)28-15-16-6-7-16;/h2-5,8-12,16H,6-7,13-15H2,1H3,(H2,23,26,27);1H. The summed E-state index contributed by atoms with van der Waals surface area (Å²) in [6, 6.07) is 14.2. The number of guanidine groups is 1. The number of aromatic nitrogens is 2. The molecule has 152 valence electrons. The Morgan fingerprint density at radius 1 is 1.07 bits per heavy atom. The normalized spacial score (nSPS) is 13.6. The van der Waals surface area contributed by atoms with Crippen molar-refractivity contribution in [1.29, 1.82) is 0 Å². The third-order valence-electron chi connectivity index (χ3n) is 4.83. The summed E-state index contributed by atoms with van der Waals surface area (Å²) in [6.07, 6.45) is 6.18. The van der Waals surface area contributed by atoms with Gasteiger partial charge in [-0.05, 0) is 48.1 Å². The summed E-state index contributed by atoms with van der Waals surface area (Å²) < 4.78 is 5.76. The minimum atomic E-state index is 0. The number of nitrogens with zero attached hydrogens (tertiary/aromatic N) is 3. The molecule has 1 fully saturated rings. The zero-order chi connectivity index (χ0) is 19.2. The minimum Gasteiger partial charge on any atom is -0.477 e. The second kappa shape index (κ2) is 10.4. The fourth-order valence-corrected chi connectivity index (χ4v) is 3.02. The van der Waals surface area contributed by atoms with Crippen LogP contribution in [0.2, 0.25) is 0 Å². The molecular weight excluding hydrogens is 477 g/mol. The second-order valence-corrected chi connectivity index (χ2v) is 7.02. The van der Waals surface area contributed by atoms with Crippen molar-refractivity contribution in [1.82, 2.24) is 20.6 Å². The molecule has 7 heteroatoms. The molecule has 0 spiro atoms. The topological polar surface area (TPSA) is 71.4 Å². The van der Waals surface area contributed by atoms with Crippen LogP contribution >= 0.6 is 24.0 Å². The molecule has 0 radical (unpaired) electrons. The highest BCUT2D eigenvalue weighted by molar-refractivity contribution is 14.0. The van der Waals surface area contributed by atoms with Gasteiger partial charge in [0.15, 0.2) is 5.96 Å². The van der Waals surface area contributed by atoms with Crippen LogP contribution in [0.4, 0.5) is 0 Å². The fourth-order valence-electron chi connectivity index (χ4n) is 3.02. The fraction of sp³-hybridized carbons (Fsp3) is 0.318. The van der Waals surface area contributed by atoms with Gasteiger partial charge < -0.3 is 15.4 Å². The first-order chi connectivity index (χ1) is 13.8. The Morgan fingerprint density at radius 2 is 1.86 bits per heavy atom. The lowest BCUT2D eigenvalue weighted by atomic mass is 10.1. The second-order valence-electron chi connectivity index (χ2n) is 7.02. The molecule has 3 aromatic rings. The van der Waals surface area contributed by atoms with Gasteiger partial charge >= 0.3 is 0 Å². The monoisotopic (exact) mass is 503 g/mol. The molecule has 0 atom stereocenters. The van der Waals surface area contributed by atoms with Gasteiger partial charge in [-0.1, -0.05) is 18.2 Å². The predicted molar refractivity (Wildman–Crippen MR) is 127 cm³/mol. The van der Waals surface area contributed by atoms with Crippen molar-refractivity contribution in [2.45, 2.75) is 25.9 Å². The molecule has 6 nitrogen and oxygen atoms in total. The van der Waals surface area contributed by atoms with Crippen LogP contribution in [-0.2, 0) is 13.1 Å². The number of rotatable bonds is 7. The van der Waals surface area contributed by atoms with Crippen molar-refractivity contribution in [3.63, 3.8) is 0 Å². The molecule has 1 aliphatic rings. The average molecular weight is 503 g/mol. The van der Waals surface area contributed by atoms with E-state index in [1.54, 1.807) is 13.2 Å². The van der Waals surface area contributed by atoms with E-state index in [4.69, 9.17) is 4.74 Å². The van der Waals surface area contributed by atoms with Crippen molar-refractivity contribution >= 4 is 40.8 Å². The Hall–Kier alpha value is -2.42. The van der Waals surface area contributed by atoms with E-state index in [-0.39, 0.29) is 24.0 Å². The summed E-state index contributed by atoms with van der Waals surface area (Å²) in [5.74, 6) is 2.16. The lowest BCUT2D eigenvalue weighted by molar-refractivity contribution is 0.288. The third-order valence-corrected chi connectivity index (χ3v) is 4.83. The van der Waals surface area contributed by atoms with Gasteiger partial charge in [0.25, 0.3) is 0 Å². The molecule has 0 unspecified atom stereocenters. The number of hydrogen-bond acceptors (Lipinski definition) is 4. The van der Waals surface area contributed by atoms with E-state index in [2.05, 4.69) is 31.7 Å². The molecule has 0 amide bonds. The van der Waals surface area contributed by atoms with E-state index in [0.29, 0.717) is 19.0 Å². The zero-order valence-electron chi connectivity index (χ0n) is 16.5. The molecule has 1 saturated carbocycles. The number of aliphatic imine (C=N–C) groups is 1. The number of hydrogen-bond donors (Lipinski definition) is 2. The predicted octanol–water partition coefficient (Wildman–Crippen LogP) is 3.90. The quantitative estimate of drug-likeness (QED) is 0.291. The number of nitrogens with one attached hydrogen (secondary N) is 2. The molecule has 4 rings (SSSR count). The van der Waals surface area contributed by atoms with Gasteiger partial charge in [-0.3, -0.25) is 9.98 Å². The maximum absolute atomic E-state index is 5.76. The maximum atomic E-state index is 5.76. The van der Waals surface area contributed by atoms with Crippen molar-refractivity contribution in [2.24, 2.45) is 10.9 Å². The number of benzene rings is 1. The highest BCUT2D eigenvalue weighted by Gasteiger charge is 2.22. The summed E-state index contributed by atoms with van der Waals surface area (Å²) in [6.45, 7) is 2.10. The Kier molecular flexibility index (Phi) is 7.62. The van der Waals surface area contributed by atoms with Crippen LogP contribution in [-0.4, -0.2) is 29.6 Å². The largest absolute Gasteiger partial charge is 0.477 e. The van der Waals surface area contributed by atoms with E-state index >= 15 is 0 Å². The number of halogens is 1. The summed E-state index contributed by atoms with van der Waals surface area (Å²) >= 11 is 0. The highest BCUT2D eigenvalue weighted by Crippen LogP contribution is 2.29. The third kappa shape index (κ3) is 6.03. The van der Waals surface area contributed by atoms with Crippen LogP contribution < -0.4 is 15.4 Å². The van der Waals surface area contributed by atoms with Gasteiger partial charge in [-0.15, -0.1) is 24.0 Å². The summed E-state index contributed by atoms with van der Waals surface area (Å²) in [5, 5.41) is 7.88. The smallest absolute Gasteiger partial charge is 0.213 e. The number of fused-ring (bicyclic) bond motifs is 1. The molecule has 0 bridgehead atoms. The van der Waals surface area contributed by atoms with Crippen molar-refractivity contribution in [2.75, 3.05) is 13.7 Å². The van der Waals surface area contributed by atoms with Gasteiger partial charge in [-0.2, -0.15) is 0 Å². The first-order valence-corrected chi connectivity index (χ1v) is 9.66. The lowest BCUT2D eigenvalue weighted by Gasteiger charge is -2.13. The molecular formula is C22H26IN5O. The molecule has 29 heavy (non-hydrogen) atoms. The van der Waals surface area contributed by atoms with E-state index in [0.717, 1.165) is 35.0 Å². The molecule has 2 aromatic heterocycles. The number of pyridine rings is 2. The van der Waals surface area contributed by atoms with Crippen LogP contribution in [0.25, 0.3) is 10.9 Å². The van der Waals surface area contributed by atoms with Crippen LogP contribution in [0.5, 0.6) is 5.88 Å². The van der Waals surface area contributed by atoms with E-state index < -0.39 is 0 Å². The molecule has 1 aromatic carbocycles. The number of para-hydroxylation sites is 1. The molecule has 0 saturated heterocycles. The van der Waals surface area contributed by atoms with Gasteiger partial charge in [-0.25, -0.2) is 4.98 Å². The Morgan fingerprint density at radius 3 is 2.69 bits per heavy atom. The van der Waals surface area contributed by atoms with Gasteiger partial charge in [0.2, 0.25) is 5.88 Å². The summed E-state index contributed by atoms with van der Waals surface area (Å²) in [7, 11) is 1.77. The average Bonchev–Trinajstić information content (AvgIpc) is 3.57. The molecule has 2 N–H and O–H groups in total. The van der Waals surface area contributed by atoms with E-state index in [1.165, 1.54) is 18.4 Å². The first-order valence-electron chi connectivity index (χ1n) is 9.66. The Balaban J connectivity index is 0.00000240. The Bertz CT molecular complexity index is 969. The van der Waals surface area contributed by atoms with Crippen LogP contribution in [0, 0.1) is 5.92 Å². The van der Waals surface area contributed by atoms with Crippen molar-refractivity contribution in [3.05, 3.63) is 66.0 Å². The van der Waals surface area contributed by atoms with E-state index in [9.17, 15) is 0 Å². The number of ether oxygens (including phenoxy) is 1. The van der Waals surface area contributed by atoms with Crippen LogP contribution in [0.1, 0.15) is 24.0 Å². The van der Waals surface area contributed by atoms with E-state index in [1.807, 2.05) is 42.6 Å².